The molecule has 0 aliphatic heterocycles. The fraction of sp³-hybridized carbons (Fsp3) is 0.900. The second kappa shape index (κ2) is 8.41. The Morgan fingerprint density at radius 3 is 2.56 bits per heavy atom. The van der Waals surface area contributed by atoms with Crippen molar-refractivity contribution in [3.8, 4) is 0 Å². The number of nitrogens with one attached hydrogen (secondary N) is 1. The van der Waals surface area contributed by atoms with E-state index in [1.165, 1.54) is 0 Å². The molecule has 1 unspecified atom stereocenters. The second-order valence-electron chi connectivity index (χ2n) is 3.99. The van der Waals surface area contributed by atoms with E-state index in [2.05, 4.69) is 10.1 Å². The van der Waals surface area contributed by atoms with Gasteiger partial charge in [0.1, 0.15) is 6.61 Å². The van der Waals surface area contributed by atoms with Gasteiger partial charge in [0.25, 0.3) is 6.43 Å². The lowest BCUT2D eigenvalue weighted by atomic mass is 10.0. The van der Waals surface area contributed by atoms with Crippen molar-refractivity contribution in [1.29, 1.82) is 0 Å². The van der Waals surface area contributed by atoms with E-state index < -0.39 is 19.1 Å². The van der Waals surface area contributed by atoms with Crippen LogP contribution in [-0.2, 0) is 9.53 Å². The van der Waals surface area contributed by atoms with E-state index in [0.29, 0.717) is 12.3 Å². The highest BCUT2D eigenvalue weighted by atomic mass is 19.3. The zero-order chi connectivity index (χ0) is 12.6. The largest absolute Gasteiger partial charge is 0.374 e. The summed E-state index contributed by atoms with van der Waals surface area (Å²) in [7, 11) is 0. The quantitative estimate of drug-likeness (QED) is 0.613. The zero-order valence-electron chi connectivity index (χ0n) is 9.71. The second-order valence-corrected chi connectivity index (χ2v) is 3.99. The third-order valence-corrected chi connectivity index (χ3v) is 1.85. The Kier molecular flexibility index (Phi) is 8.01. The van der Waals surface area contributed by atoms with Gasteiger partial charge >= 0.3 is 0 Å². The van der Waals surface area contributed by atoms with Gasteiger partial charge in [-0.3, -0.25) is 4.79 Å². The van der Waals surface area contributed by atoms with Crippen LogP contribution in [0.3, 0.4) is 0 Å². The summed E-state index contributed by atoms with van der Waals surface area (Å²) in [5.41, 5.74) is 5.61. The number of ether oxygens (including phenoxy) is 1. The van der Waals surface area contributed by atoms with Crippen molar-refractivity contribution < 1.29 is 18.3 Å². The number of hydrogen-bond acceptors (Lipinski definition) is 3. The molecule has 16 heavy (non-hydrogen) atoms. The molecule has 4 nitrogen and oxygen atoms in total. The van der Waals surface area contributed by atoms with Crippen molar-refractivity contribution in [2.24, 2.45) is 11.7 Å². The maximum absolute atomic E-state index is 11.7. The molecule has 0 aliphatic rings. The summed E-state index contributed by atoms with van der Waals surface area (Å²) >= 11 is 0. The Labute approximate surface area is 94.5 Å². The number of nitrogens with two attached hydrogens (primary N) is 1. The zero-order valence-corrected chi connectivity index (χ0v) is 9.71. The molecular formula is C10H20F2N2O2. The number of hydrogen-bond donors (Lipinski definition) is 2. The topological polar surface area (TPSA) is 64.4 Å². The molecule has 0 saturated carbocycles. The van der Waals surface area contributed by atoms with Crippen LogP contribution in [0.4, 0.5) is 8.78 Å². The number of halogens is 2. The summed E-state index contributed by atoms with van der Waals surface area (Å²) in [4.78, 5) is 11.3. The van der Waals surface area contributed by atoms with Crippen LogP contribution in [0.2, 0.25) is 0 Å². The highest BCUT2D eigenvalue weighted by Gasteiger charge is 2.14. The highest BCUT2D eigenvalue weighted by Crippen LogP contribution is 2.02. The van der Waals surface area contributed by atoms with Crippen LogP contribution in [0, 0.1) is 5.92 Å². The van der Waals surface area contributed by atoms with Crippen LogP contribution in [0.1, 0.15) is 20.3 Å². The van der Waals surface area contributed by atoms with Crippen molar-refractivity contribution in [2.45, 2.75) is 32.7 Å². The van der Waals surface area contributed by atoms with Crippen molar-refractivity contribution in [3.05, 3.63) is 0 Å². The lowest BCUT2D eigenvalue weighted by molar-refractivity contribution is -0.123. The Morgan fingerprint density at radius 1 is 1.44 bits per heavy atom. The van der Waals surface area contributed by atoms with Gasteiger partial charge in [0.2, 0.25) is 5.91 Å². The Balaban J connectivity index is 3.50. The van der Waals surface area contributed by atoms with Crippen LogP contribution in [-0.4, -0.2) is 38.1 Å². The molecule has 1 amide bonds. The summed E-state index contributed by atoms with van der Waals surface area (Å²) in [6.45, 7) is 3.62. The fourth-order valence-corrected chi connectivity index (χ4v) is 1.16. The Morgan fingerprint density at radius 2 is 2.06 bits per heavy atom. The minimum absolute atomic E-state index is 0.0739. The smallest absolute Gasteiger partial charge is 0.261 e. The SMILES string of the molecule is CC(C)CC(N)C(=O)NCCOCC(F)F. The van der Waals surface area contributed by atoms with E-state index in [4.69, 9.17) is 5.73 Å². The Hall–Kier alpha value is -0.750. The maximum atomic E-state index is 11.7. The average Bonchev–Trinajstić information content (AvgIpc) is 2.15. The third kappa shape index (κ3) is 8.55. The van der Waals surface area contributed by atoms with Gasteiger partial charge in [0.05, 0.1) is 12.6 Å². The van der Waals surface area contributed by atoms with Crippen LogP contribution < -0.4 is 11.1 Å². The number of rotatable bonds is 8. The van der Waals surface area contributed by atoms with Gasteiger partial charge in [0.15, 0.2) is 0 Å². The minimum atomic E-state index is -2.47. The summed E-state index contributed by atoms with van der Waals surface area (Å²) in [6.07, 6.45) is -1.87. The molecule has 96 valence electrons. The normalized spacial score (nSPS) is 13.2. The lowest BCUT2D eigenvalue weighted by Crippen LogP contribution is -2.42. The lowest BCUT2D eigenvalue weighted by Gasteiger charge is -2.14. The monoisotopic (exact) mass is 238 g/mol. The van der Waals surface area contributed by atoms with Crippen LogP contribution >= 0.6 is 0 Å². The van der Waals surface area contributed by atoms with E-state index in [1.54, 1.807) is 0 Å². The average molecular weight is 238 g/mol. The van der Waals surface area contributed by atoms with Crippen molar-refractivity contribution in [2.75, 3.05) is 19.8 Å². The molecule has 0 aliphatic carbocycles. The van der Waals surface area contributed by atoms with Gasteiger partial charge in [-0.2, -0.15) is 0 Å². The first-order valence-corrected chi connectivity index (χ1v) is 5.32. The molecule has 0 bridgehead atoms. The minimum Gasteiger partial charge on any atom is -0.374 e. The van der Waals surface area contributed by atoms with Gasteiger partial charge in [-0.1, -0.05) is 13.8 Å². The fourth-order valence-electron chi connectivity index (χ4n) is 1.16. The summed E-state index contributed by atoms with van der Waals surface area (Å²) in [6, 6.07) is -0.546. The van der Waals surface area contributed by atoms with Crippen molar-refractivity contribution in [3.63, 3.8) is 0 Å². The number of carbonyl (C=O) groups is 1. The summed E-state index contributed by atoms with van der Waals surface area (Å²) in [5, 5.41) is 2.53. The van der Waals surface area contributed by atoms with E-state index >= 15 is 0 Å². The molecule has 0 aromatic rings. The molecule has 0 rings (SSSR count). The number of alkyl halides is 2. The molecule has 3 N–H and O–H groups in total. The molecule has 0 saturated heterocycles. The molecule has 0 heterocycles. The van der Waals surface area contributed by atoms with E-state index in [0.717, 1.165) is 0 Å². The maximum Gasteiger partial charge on any atom is 0.261 e. The molecule has 0 spiro atoms. The molecule has 6 heteroatoms. The molecule has 0 aromatic heterocycles. The van der Waals surface area contributed by atoms with Gasteiger partial charge < -0.3 is 15.8 Å². The van der Waals surface area contributed by atoms with Gasteiger partial charge in [0, 0.05) is 6.54 Å². The molecule has 0 radical (unpaired) electrons. The summed E-state index contributed by atoms with van der Waals surface area (Å²) < 4.78 is 27.9. The molecule has 0 aromatic carbocycles. The first-order valence-electron chi connectivity index (χ1n) is 5.32. The van der Waals surface area contributed by atoms with Crippen LogP contribution in [0.5, 0.6) is 0 Å². The van der Waals surface area contributed by atoms with Crippen molar-refractivity contribution in [1.82, 2.24) is 5.32 Å². The number of carbonyl (C=O) groups excluding carboxylic acids is 1. The number of amides is 1. The molecule has 0 fully saturated rings. The first kappa shape index (κ1) is 15.2. The Bertz CT molecular complexity index is 201. The van der Waals surface area contributed by atoms with Gasteiger partial charge in [-0.05, 0) is 12.3 Å². The van der Waals surface area contributed by atoms with E-state index in [-0.39, 0.29) is 19.1 Å². The predicted octanol–water partition coefficient (Wildman–Crippen LogP) is 0.758. The van der Waals surface area contributed by atoms with E-state index in [9.17, 15) is 13.6 Å². The van der Waals surface area contributed by atoms with Gasteiger partial charge in [-0.25, -0.2) is 8.78 Å². The van der Waals surface area contributed by atoms with Gasteiger partial charge in [-0.15, -0.1) is 0 Å². The third-order valence-electron chi connectivity index (χ3n) is 1.85. The van der Waals surface area contributed by atoms with Crippen LogP contribution in [0.25, 0.3) is 0 Å². The first-order chi connectivity index (χ1) is 7.43. The van der Waals surface area contributed by atoms with Crippen LogP contribution in [0.15, 0.2) is 0 Å². The summed E-state index contributed by atoms with van der Waals surface area (Å²) in [5.74, 6) is 0.0742. The molecule has 1 atom stereocenters. The predicted molar refractivity (Wildman–Crippen MR) is 57.3 cm³/mol. The van der Waals surface area contributed by atoms with E-state index in [1.807, 2.05) is 13.8 Å². The highest BCUT2D eigenvalue weighted by molar-refractivity contribution is 5.81. The standard InChI is InChI=1S/C10H20F2N2O2/c1-7(2)5-8(13)10(15)14-3-4-16-6-9(11)12/h7-9H,3-6,13H2,1-2H3,(H,14,15). The molecular weight excluding hydrogens is 218 g/mol. The van der Waals surface area contributed by atoms with Crippen molar-refractivity contribution >= 4 is 5.91 Å².